The second-order valence-corrected chi connectivity index (χ2v) is 4.18. The molecule has 0 unspecified atom stereocenters. The van der Waals surface area contributed by atoms with E-state index >= 15 is 0 Å². The lowest BCUT2D eigenvalue weighted by Gasteiger charge is -2.22. The van der Waals surface area contributed by atoms with Crippen LogP contribution in [0.25, 0.3) is 0 Å². The summed E-state index contributed by atoms with van der Waals surface area (Å²) in [5, 5.41) is 0.435. The van der Waals surface area contributed by atoms with Gasteiger partial charge in [-0.3, -0.25) is 0 Å². The van der Waals surface area contributed by atoms with Gasteiger partial charge in [0.1, 0.15) is 5.75 Å². The smallest absolute Gasteiger partial charge is 0.387 e. The Morgan fingerprint density at radius 1 is 1.40 bits per heavy atom. The maximum Gasteiger partial charge on any atom is 0.387 e. The molecule has 0 bridgehead atoms. The van der Waals surface area contributed by atoms with Crippen molar-refractivity contribution in [2.45, 2.75) is 26.0 Å². The predicted molar refractivity (Wildman–Crippen MR) is 55.3 cm³/mol. The molecule has 0 spiro atoms. The maximum atomic E-state index is 12.1. The Morgan fingerprint density at radius 3 is 2.47 bits per heavy atom. The van der Waals surface area contributed by atoms with Crippen LogP contribution in [0.2, 0.25) is 5.02 Å². The molecule has 1 aromatic rings. The van der Waals surface area contributed by atoms with Crippen molar-refractivity contribution in [1.82, 2.24) is 0 Å². The van der Waals surface area contributed by atoms with E-state index in [1.54, 1.807) is 13.8 Å². The van der Waals surface area contributed by atoms with Crippen LogP contribution in [0.3, 0.4) is 0 Å². The zero-order valence-corrected chi connectivity index (χ0v) is 9.18. The van der Waals surface area contributed by atoms with Crippen molar-refractivity contribution in [3.05, 3.63) is 28.8 Å². The summed E-state index contributed by atoms with van der Waals surface area (Å²) in [5.74, 6) is 0.0573. The SMILES string of the molecule is CC(C)(N)c1cc(Cl)ccc1OC(F)F. The number of hydrogen-bond acceptors (Lipinski definition) is 2. The van der Waals surface area contributed by atoms with E-state index in [4.69, 9.17) is 17.3 Å². The summed E-state index contributed by atoms with van der Waals surface area (Å²) < 4.78 is 28.5. The van der Waals surface area contributed by atoms with Crippen LogP contribution in [0.15, 0.2) is 18.2 Å². The van der Waals surface area contributed by atoms with Gasteiger partial charge in [0.05, 0.1) is 0 Å². The first-order chi connectivity index (χ1) is 6.80. The molecule has 0 saturated heterocycles. The lowest BCUT2D eigenvalue weighted by atomic mass is 9.95. The van der Waals surface area contributed by atoms with E-state index in [0.717, 1.165) is 0 Å². The summed E-state index contributed by atoms with van der Waals surface area (Å²) in [5.41, 5.74) is 5.49. The number of ether oxygens (including phenoxy) is 1. The Bertz CT molecular complexity index is 350. The second-order valence-electron chi connectivity index (χ2n) is 3.74. The first kappa shape index (κ1) is 12.2. The van der Waals surface area contributed by atoms with Gasteiger partial charge in [-0.05, 0) is 32.0 Å². The zero-order valence-electron chi connectivity index (χ0n) is 8.43. The molecule has 2 nitrogen and oxygen atoms in total. The number of nitrogens with two attached hydrogens (primary N) is 1. The summed E-state index contributed by atoms with van der Waals surface area (Å²) in [6, 6.07) is 4.40. The number of rotatable bonds is 3. The second kappa shape index (κ2) is 4.33. The minimum absolute atomic E-state index is 0.0573. The van der Waals surface area contributed by atoms with E-state index in [1.165, 1.54) is 18.2 Å². The van der Waals surface area contributed by atoms with Crippen LogP contribution in [0.4, 0.5) is 8.78 Å². The van der Waals surface area contributed by atoms with Gasteiger partial charge in [0.2, 0.25) is 0 Å². The van der Waals surface area contributed by atoms with Gasteiger partial charge < -0.3 is 10.5 Å². The van der Waals surface area contributed by atoms with Crippen LogP contribution in [0, 0.1) is 0 Å². The molecule has 0 saturated carbocycles. The van der Waals surface area contributed by atoms with Crippen LogP contribution < -0.4 is 10.5 Å². The largest absolute Gasteiger partial charge is 0.434 e. The average Bonchev–Trinajstić information content (AvgIpc) is 2.05. The van der Waals surface area contributed by atoms with E-state index < -0.39 is 12.2 Å². The monoisotopic (exact) mass is 235 g/mol. The van der Waals surface area contributed by atoms with E-state index in [-0.39, 0.29) is 5.75 Å². The third kappa shape index (κ3) is 3.32. The van der Waals surface area contributed by atoms with Gasteiger partial charge in [0.15, 0.2) is 0 Å². The normalized spacial score (nSPS) is 11.9. The summed E-state index contributed by atoms with van der Waals surface area (Å²) in [6.07, 6.45) is 0. The Hall–Kier alpha value is -0.870. The fraction of sp³-hybridized carbons (Fsp3) is 0.400. The van der Waals surface area contributed by atoms with Crippen molar-refractivity contribution in [2.24, 2.45) is 5.73 Å². The summed E-state index contributed by atoms with van der Waals surface area (Å²) in [7, 11) is 0. The molecule has 1 rings (SSSR count). The highest BCUT2D eigenvalue weighted by molar-refractivity contribution is 6.30. The molecule has 0 aliphatic carbocycles. The molecule has 84 valence electrons. The first-order valence-corrected chi connectivity index (χ1v) is 4.72. The number of halogens is 3. The molecular weight excluding hydrogens is 224 g/mol. The Morgan fingerprint density at radius 2 is 2.00 bits per heavy atom. The van der Waals surface area contributed by atoms with Crippen LogP contribution >= 0.6 is 11.6 Å². The van der Waals surface area contributed by atoms with Crippen LogP contribution in [0.5, 0.6) is 5.75 Å². The number of hydrogen-bond donors (Lipinski definition) is 1. The Kier molecular flexibility index (Phi) is 3.52. The third-order valence-electron chi connectivity index (χ3n) is 1.85. The molecule has 0 aliphatic heterocycles. The van der Waals surface area contributed by atoms with Crippen LogP contribution in [0.1, 0.15) is 19.4 Å². The van der Waals surface area contributed by atoms with Gasteiger partial charge in [-0.2, -0.15) is 8.78 Å². The maximum absolute atomic E-state index is 12.1. The zero-order chi connectivity index (χ0) is 11.6. The lowest BCUT2D eigenvalue weighted by Crippen LogP contribution is -2.29. The molecule has 0 heterocycles. The minimum Gasteiger partial charge on any atom is -0.434 e. The number of benzene rings is 1. The average molecular weight is 236 g/mol. The highest BCUT2D eigenvalue weighted by Gasteiger charge is 2.21. The molecule has 0 radical (unpaired) electrons. The summed E-state index contributed by atoms with van der Waals surface area (Å²) in [6.45, 7) is 0.515. The third-order valence-corrected chi connectivity index (χ3v) is 2.09. The lowest BCUT2D eigenvalue weighted by molar-refractivity contribution is -0.0509. The molecule has 5 heteroatoms. The molecular formula is C10H12ClF2NO. The fourth-order valence-electron chi connectivity index (χ4n) is 1.20. The highest BCUT2D eigenvalue weighted by Crippen LogP contribution is 2.31. The Balaban J connectivity index is 3.15. The van der Waals surface area contributed by atoms with Gasteiger partial charge in [-0.15, -0.1) is 0 Å². The molecule has 0 aromatic heterocycles. The van der Waals surface area contributed by atoms with Crippen molar-refractivity contribution >= 4 is 11.6 Å². The Labute approximate surface area is 92.0 Å². The highest BCUT2D eigenvalue weighted by atomic mass is 35.5. The molecule has 0 fully saturated rings. The molecule has 15 heavy (non-hydrogen) atoms. The molecule has 0 amide bonds. The molecule has 2 N–H and O–H groups in total. The molecule has 0 atom stereocenters. The van der Waals surface area contributed by atoms with Crippen LogP contribution in [-0.4, -0.2) is 6.61 Å². The van der Waals surface area contributed by atoms with Crippen molar-refractivity contribution in [3.8, 4) is 5.75 Å². The number of alkyl halides is 2. The first-order valence-electron chi connectivity index (χ1n) is 4.34. The van der Waals surface area contributed by atoms with E-state index in [1.807, 2.05) is 0 Å². The van der Waals surface area contributed by atoms with Gasteiger partial charge in [0, 0.05) is 16.1 Å². The van der Waals surface area contributed by atoms with Crippen molar-refractivity contribution in [2.75, 3.05) is 0 Å². The topological polar surface area (TPSA) is 35.2 Å². The fourth-order valence-corrected chi connectivity index (χ4v) is 1.38. The van der Waals surface area contributed by atoms with E-state index in [9.17, 15) is 8.78 Å². The van der Waals surface area contributed by atoms with Crippen LogP contribution in [-0.2, 0) is 5.54 Å². The predicted octanol–water partition coefficient (Wildman–Crippen LogP) is 3.14. The van der Waals surface area contributed by atoms with Crippen molar-refractivity contribution in [3.63, 3.8) is 0 Å². The summed E-state index contributed by atoms with van der Waals surface area (Å²) in [4.78, 5) is 0. The molecule has 0 aliphatic rings. The van der Waals surface area contributed by atoms with Crippen molar-refractivity contribution < 1.29 is 13.5 Å². The molecule has 1 aromatic carbocycles. The van der Waals surface area contributed by atoms with Crippen molar-refractivity contribution in [1.29, 1.82) is 0 Å². The van der Waals surface area contributed by atoms with Gasteiger partial charge in [-0.1, -0.05) is 11.6 Å². The van der Waals surface area contributed by atoms with E-state index in [0.29, 0.717) is 10.6 Å². The standard InChI is InChI=1S/C10H12ClF2NO/c1-10(2,14)7-5-6(11)3-4-8(7)15-9(12)13/h3-5,9H,14H2,1-2H3. The van der Waals surface area contributed by atoms with E-state index in [2.05, 4.69) is 4.74 Å². The summed E-state index contributed by atoms with van der Waals surface area (Å²) >= 11 is 5.76. The van der Waals surface area contributed by atoms with Gasteiger partial charge >= 0.3 is 6.61 Å². The van der Waals surface area contributed by atoms with Gasteiger partial charge in [-0.25, -0.2) is 0 Å². The van der Waals surface area contributed by atoms with Gasteiger partial charge in [0.25, 0.3) is 0 Å². The quantitative estimate of drug-likeness (QED) is 0.874. The minimum atomic E-state index is -2.87.